The highest BCUT2D eigenvalue weighted by Gasteiger charge is 2.26. The SMILES string of the molecule is CCC(C)(C)C(=O)Nc1cccc(S(=O)(=O)N(C)c2ccccc2)c1. The first-order valence-corrected chi connectivity index (χ1v) is 9.58. The maximum Gasteiger partial charge on any atom is 0.264 e. The van der Waals surface area contributed by atoms with Crippen molar-refractivity contribution in [3.63, 3.8) is 0 Å². The van der Waals surface area contributed by atoms with Crippen LogP contribution < -0.4 is 9.62 Å². The van der Waals surface area contributed by atoms with Crippen LogP contribution in [0.25, 0.3) is 0 Å². The maximum atomic E-state index is 12.8. The van der Waals surface area contributed by atoms with Crippen LogP contribution in [-0.4, -0.2) is 21.4 Å². The molecule has 0 aliphatic heterocycles. The normalized spacial score (nSPS) is 11.8. The third kappa shape index (κ3) is 4.20. The van der Waals surface area contributed by atoms with E-state index in [1.54, 1.807) is 36.4 Å². The van der Waals surface area contributed by atoms with E-state index in [0.29, 0.717) is 17.8 Å². The Balaban J connectivity index is 2.30. The van der Waals surface area contributed by atoms with Crippen molar-refractivity contribution in [3.05, 3.63) is 54.6 Å². The van der Waals surface area contributed by atoms with Gasteiger partial charge in [-0.1, -0.05) is 45.0 Å². The van der Waals surface area contributed by atoms with Gasteiger partial charge in [0.05, 0.1) is 10.6 Å². The number of amides is 1. The molecule has 1 N–H and O–H groups in total. The zero-order chi connectivity index (χ0) is 18.7. The molecule has 2 aromatic rings. The van der Waals surface area contributed by atoms with Crippen LogP contribution in [0.5, 0.6) is 0 Å². The van der Waals surface area contributed by atoms with Crippen molar-refractivity contribution in [1.82, 2.24) is 0 Å². The molecule has 0 heterocycles. The number of benzene rings is 2. The molecule has 6 heteroatoms. The van der Waals surface area contributed by atoms with Gasteiger partial charge >= 0.3 is 0 Å². The first-order chi connectivity index (χ1) is 11.7. The molecule has 0 unspecified atom stereocenters. The Bertz CT molecular complexity index is 846. The largest absolute Gasteiger partial charge is 0.326 e. The van der Waals surface area contributed by atoms with Gasteiger partial charge in [0, 0.05) is 18.2 Å². The lowest BCUT2D eigenvalue weighted by Gasteiger charge is -2.22. The number of para-hydroxylation sites is 1. The van der Waals surface area contributed by atoms with E-state index in [4.69, 9.17) is 0 Å². The first kappa shape index (κ1) is 19.0. The summed E-state index contributed by atoms with van der Waals surface area (Å²) in [6.45, 7) is 5.65. The summed E-state index contributed by atoms with van der Waals surface area (Å²) in [6, 6.07) is 15.2. The predicted octanol–water partition coefficient (Wildman–Crippen LogP) is 3.89. The van der Waals surface area contributed by atoms with Crippen LogP contribution in [0, 0.1) is 5.41 Å². The Morgan fingerprint density at radius 1 is 1.08 bits per heavy atom. The van der Waals surface area contributed by atoms with Gasteiger partial charge in [0.1, 0.15) is 0 Å². The molecule has 0 atom stereocenters. The van der Waals surface area contributed by atoms with Gasteiger partial charge in [-0.3, -0.25) is 9.10 Å². The molecular weight excluding hydrogens is 336 g/mol. The molecule has 0 spiro atoms. The summed E-state index contributed by atoms with van der Waals surface area (Å²) in [5, 5.41) is 2.80. The summed E-state index contributed by atoms with van der Waals surface area (Å²) < 4.78 is 26.9. The fraction of sp³-hybridized carbons (Fsp3) is 0.316. The van der Waals surface area contributed by atoms with E-state index in [1.807, 2.05) is 26.8 Å². The highest BCUT2D eigenvalue weighted by Crippen LogP contribution is 2.26. The average Bonchev–Trinajstić information content (AvgIpc) is 2.62. The Kier molecular flexibility index (Phi) is 5.52. The number of hydrogen-bond donors (Lipinski definition) is 1. The highest BCUT2D eigenvalue weighted by molar-refractivity contribution is 7.92. The van der Waals surface area contributed by atoms with Crippen LogP contribution in [0.4, 0.5) is 11.4 Å². The lowest BCUT2D eigenvalue weighted by Crippen LogP contribution is -2.30. The molecule has 134 valence electrons. The summed E-state index contributed by atoms with van der Waals surface area (Å²) in [4.78, 5) is 12.4. The van der Waals surface area contributed by atoms with Crippen molar-refractivity contribution < 1.29 is 13.2 Å². The predicted molar refractivity (Wildman–Crippen MR) is 101 cm³/mol. The highest BCUT2D eigenvalue weighted by atomic mass is 32.2. The van der Waals surface area contributed by atoms with E-state index in [-0.39, 0.29) is 10.8 Å². The molecule has 0 bridgehead atoms. The maximum absolute atomic E-state index is 12.8. The number of sulfonamides is 1. The van der Waals surface area contributed by atoms with Gasteiger partial charge in [-0.2, -0.15) is 0 Å². The molecule has 0 aliphatic carbocycles. The molecule has 0 aliphatic rings. The van der Waals surface area contributed by atoms with E-state index in [0.717, 1.165) is 0 Å². The number of nitrogens with one attached hydrogen (secondary N) is 1. The minimum atomic E-state index is -3.71. The van der Waals surface area contributed by atoms with Crippen LogP contribution in [0.3, 0.4) is 0 Å². The van der Waals surface area contributed by atoms with Crippen molar-refractivity contribution in [3.8, 4) is 0 Å². The van der Waals surface area contributed by atoms with E-state index in [1.165, 1.54) is 23.5 Å². The van der Waals surface area contributed by atoms with E-state index < -0.39 is 15.4 Å². The first-order valence-electron chi connectivity index (χ1n) is 8.14. The second kappa shape index (κ2) is 7.27. The van der Waals surface area contributed by atoms with Gasteiger partial charge in [0.15, 0.2) is 0 Å². The summed E-state index contributed by atoms with van der Waals surface area (Å²) >= 11 is 0. The Hall–Kier alpha value is -2.34. The fourth-order valence-electron chi connectivity index (χ4n) is 2.13. The van der Waals surface area contributed by atoms with Crippen molar-refractivity contribution >= 4 is 27.3 Å². The van der Waals surface area contributed by atoms with Crippen molar-refractivity contribution in [2.24, 2.45) is 5.41 Å². The Labute approximate surface area is 149 Å². The standard InChI is InChI=1S/C19H24N2O3S/c1-5-19(2,3)18(22)20-15-10-9-13-17(14-15)25(23,24)21(4)16-11-7-6-8-12-16/h6-14H,5H2,1-4H3,(H,20,22). The molecule has 1 amide bonds. The number of hydrogen-bond acceptors (Lipinski definition) is 3. The summed E-state index contributed by atoms with van der Waals surface area (Å²) in [6.07, 6.45) is 0.688. The lowest BCUT2D eigenvalue weighted by atomic mass is 9.89. The number of carbonyl (C=O) groups is 1. The quantitative estimate of drug-likeness (QED) is 0.850. The molecule has 2 aromatic carbocycles. The zero-order valence-electron chi connectivity index (χ0n) is 15.0. The van der Waals surface area contributed by atoms with Crippen molar-refractivity contribution in [1.29, 1.82) is 0 Å². The van der Waals surface area contributed by atoms with Crippen LogP contribution in [0.2, 0.25) is 0 Å². The lowest BCUT2D eigenvalue weighted by molar-refractivity contribution is -0.124. The van der Waals surface area contributed by atoms with Crippen LogP contribution in [0.15, 0.2) is 59.5 Å². The van der Waals surface area contributed by atoms with Crippen LogP contribution in [-0.2, 0) is 14.8 Å². The monoisotopic (exact) mass is 360 g/mol. The second-order valence-electron chi connectivity index (χ2n) is 6.53. The zero-order valence-corrected chi connectivity index (χ0v) is 15.8. The minimum Gasteiger partial charge on any atom is -0.326 e. The van der Waals surface area contributed by atoms with E-state index >= 15 is 0 Å². The third-order valence-electron chi connectivity index (χ3n) is 4.37. The van der Waals surface area contributed by atoms with Gasteiger partial charge in [-0.15, -0.1) is 0 Å². The third-order valence-corrected chi connectivity index (χ3v) is 6.15. The molecule has 25 heavy (non-hydrogen) atoms. The molecule has 0 saturated heterocycles. The molecule has 2 rings (SSSR count). The van der Waals surface area contributed by atoms with E-state index in [2.05, 4.69) is 5.32 Å². The van der Waals surface area contributed by atoms with Gasteiger partial charge in [0.2, 0.25) is 5.91 Å². The number of carbonyl (C=O) groups excluding carboxylic acids is 1. The summed E-state index contributed by atoms with van der Waals surface area (Å²) in [5.41, 5.74) is 0.522. The van der Waals surface area contributed by atoms with Gasteiger partial charge in [-0.25, -0.2) is 8.42 Å². The van der Waals surface area contributed by atoms with Gasteiger partial charge in [0.25, 0.3) is 10.0 Å². The van der Waals surface area contributed by atoms with Crippen LogP contribution in [0.1, 0.15) is 27.2 Å². The fourth-order valence-corrected chi connectivity index (χ4v) is 3.37. The van der Waals surface area contributed by atoms with Crippen LogP contribution >= 0.6 is 0 Å². The smallest absolute Gasteiger partial charge is 0.264 e. The Morgan fingerprint density at radius 2 is 1.72 bits per heavy atom. The number of rotatable bonds is 6. The van der Waals surface area contributed by atoms with Crippen molar-refractivity contribution in [2.45, 2.75) is 32.1 Å². The molecular formula is C19H24N2O3S. The molecule has 5 nitrogen and oxygen atoms in total. The Morgan fingerprint density at radius 3 is 2.32 bits per heavy atom. The summed E-state index contributed by atoms with van der Waals surface area (Å²) in [5.74, 6) is -0.138. The topological polar surface area (TPSA) is 66.5 Å². The van der Waals surface area contributed by atoms with E-state index in [9.17, 15) is 13.2 Å². The number of anilines is 2. The average molecular weight is 360 g/mol. The minimum absolute atomic E-state index is 0.131. The van der Waals surface area contributed by atoms with Gasteiger partial charge in [-0.05, 0) is 36.8 Å². The molecule has 0 fully saturated rings. The molecule has 0 aromatic heterocycles. The second-order valence-corrected chi connectivity index (χ2v) is 8.50. The van der Waals surface area contributed by atoms with Crippen molar-refractivity contribution in [2.75, 3.05) is 16.7 Å². The number of nitrogens with zero attached hydrogens (tertiary/aromatic N) is 1. The summed E-state index contributed by atoms with van der Waals surface area (Å²) in [7, 11) is -2.20. The molecule has 0 saturated carbocycles. The van der Waals surface area contributed by atoms with Gasteiger partial charge < -0.3 is 5.32 Å². The molecule has 0 radical (unpaired) electrons.